The monoisotopic (exact) mass is 157 g/mol. The van der Waals surface area contributed by atoms with Gasteiger partial charge in [-0.15, -0.1) is 23.1 Å². The average molecular weight is 157 g/mol. The van der Waals surface area contributed by atoms with Gasteiger partial charge in [-0.05, 0) is 18.4 Å². The Morgan fingerprint density at radius 2 is 2.44 bits per heavy atom. The third kappa shape index (κ3) is 1.73. The second-order valence-electron chi connectivity index (χ2n) is 1.69. The van der Waals surface area contributed by atoms with E-state index < -0.39 is 0 Å². The van der Waals surface area contributed by atoms with Crippen molar-refractivity contribution in [2.75, 3.05) is 0 Å². The largest absolute Gasteiger partial charge is 0.148 e. The summed E-state index contributed by atoms with van der Waals surface area (Å²) >= 11 is 3.60. The molecule has 0 spiro atoms. The summed E-state index contributed by atoms with van der Waals surface area (Å²) in [6, 6.07) is 2.16. The maximum absolute atomic E-state index is 2.16. The van der Waals surface area contributed by atoms with Gasteiger partial charge in [0.05, 0.1) is 0 Å². The van der Waals surface area contributed by atoms with Crippen molar-refractivity contribution in [1.82, 2.24) is 0 Å². The van der Waals surface area contributed by atoms with Gasteiger partial charge in [0.2, 0.25) is 0 Å². The summed E-state index contributed by atoms with van der Waals surface area (Å²) < 4.78 is 0. The third-order valence-electron chi connectivity index (χ3n) is 1.06. The first-order valence-electron chi connectivity index (χ1n) is 2.83. The maximum Gasteiger partial charge on any atom is 0.0211 e. The highest BCUT2D eigenvalue weighted by Crippen LogP contribution is 2.27. The van der Waals surface area contributed by atoms with Crippen molar-refractivity contribution < 1.29 is 0 Å². The molecule has 9 heavy (non-hydrogen) atoms. The van der Waals surface area contributed by atoms with Crippen LogP contribution in [0.1, 0.15) is 11.8 Å². The van der Waals surface area contributed by atoms with Crippen LogP contribution >= 0.6 is 23.1 Å². The lowest BCUT2D eigenvalue weighted by Crippen LogP contribution is -1.64. The number of aryl methyl sites for hydroxylation is 1. The van der Waals surface area contributed by atoms with Crippen molar-refractivity contribution in [3.63, 3.8) is 0 Å². The van der Waals surface area contributed by atoms with Crippen LogP contribution in [0.5, 0.6) is 0 Å². The van der Waals surface area contributed by atoms with E-state index in [1.165, 1.54) is 9.77 Å². The number of thioether (sulfide) groups is 1. The molecule has 0 aliphatic carbocycles. The van der Waals surface area contributed by atoms with Crippen molar-refractivity contribution in [3.8, 4) is 0 Å². The zero-order valence-electron chi connectivity index (χ0n) is 5.55. The summed E-state index contributed by atoms with van der Waals surface area (Å²) in [5, 5.41) is 2.13. The fraction of sp³-hybridized carbons (Fsp3) is 0.286. The van der Waals surface area contributed by atoms with Gasteiger partial charge < -0.3 is 0 Å². The highest BCUT2D eigenvalue weighted by molar-refractivity contribution is 8.01. The van der Waals surface area contributed by atoms with Crippen molar-refractivity contribution in [3.05, 3.63) is 22.1 Å². The summed E-state index contributed by atoms with van der Waals surface area (Å²) in [4.78, 5) is 2.81. The lowest BCUT2D eigenvalue weighted by molar-refractivity contribution is 1.42. The molecule has 0 amide bonds. The Kier molecular flexibility index (Phi) is 2.61. The molecule has 0 nitrogen and oxygen atoms in total. The molecule has 0 atom stereocenters. The van der Waals surface area contributed by atoms with Gasteiger partial charge in [0.25, 0.3) is 0 Å². The first kappa shape index (κ1) is 7.16. The Bertz CT molecular complexity index is 179. The molecule has 1 aromatic heterocycles. The van der Waals surface area contributed by atoms with E-state index in [0.717, 1.165) is 0 Å². The molecule has 0 N–H and O–H groups in total. The molecule has 0 saturated carbocycles. The Morgan fingerprint density at radius 3 is 2.89 bits per heavy atom. The molecule has 0 aromatic carbocycles. The van der Waals surface area contributed by atoms with E-state index in [-0.39, 0.29) is 0 Å². The van der Waals surface area contributed by atoms with Crippen LogP contribution in [-0.2, 0) is 0 Å². The predicted molar refractivity (Wildman–Crippen MR) is 44.9 cm³/mol. The molecular weight excluding hydrogens is 148 g/mol. The van der Waals surface area contributed by atoms with Crippen molar-refractivity contribution >= 4 is 23.1 Å². The maximum atomic E-state index is 2.16. The minimum atomic E-state index is 1.39. The van der Waals surface area contributed by atoms with Crippen LogP contribution in [0.3, 0.4) is 0 Å². The van der Waals surface area contributed by atoms with Gasteiger partial charge in [-0.1, -0.05) is 6.92 Å². The van der Waals surface area contributed by atoms with E-state index in [0.29, 0.717) is 0 Å². The van der Waals surface area contributed by atoms with Crippen LogP contribution < -0.4 is 0 Å². The first-order chi connectivity index (χ1) is 4.34. The van der Waals surface area contributed by atoms with Crippen LogP contribution in [0.25, 0.3) is 0 Å². The van der Waals surface area contributed by atoms with Gasteiger partial charge in [-0.3, -0.25) is 0 Å². The topological polar surface area (TPSA) is 0 Å². The quantitative estimate of drug-likeness (QED) is 0.593. The molecule has 49 valence electrons. The predicted octanol–water partition coefficient (Wildman–Crippen LogP) is 3.33. The molecule has 0 unspecified atom stereocenters. The lowest BCUT2D eigenvalue weighted by atomic mass is 10.5. The Labute approximate surface area is 64.3 Å². The summed E-state index contributed by atoms with van der Waals surface area (Å²) in [6.45, 7) is 4.21. The van der Waals surface area contributed by atoms with E-state index in [4.69, 9.17) is 0 Å². The van der Waals surface area contributed by atoms with Crippen molar-refractivity contribution in [2.24, 2.45) is 0 Å². The average Bonchev–Trinajstić information content (AvgIpc) is 2.18. The van der Waals surface area contributed by atoms with Crippen LogP contribution in [0.4, 0.5) is 0 Å². The molecule has 1 radical (unpaired) electrons. The summed E-state index contributed by atoms with van der Waals surface area (Å²) in [5.74, 6) is 2.11. The first-order valence-corrected chi connectivity index (χ1v) is 4.59. The van der Waals surface area contributed by atoms with Crippen molar-refractivity contribution in [2.45, 2.75) is 18.7 Å². The molecule has 2 heteroatoms. The van der Waals surface area contributed by atoms with Crippen molar-refractivity contribution in [1.29, 1.82) is 0 Å². The Hall–Kier alpha value is 0.0500. The highest BCUT2D eigenvalue weighted by Gasteiger charge is 1.96. The number of hydrogen-bond acceptors (Lipinski definition) is 2. The van der Waals surface area contributed by atoms with Gasteiger partial charge in [-0.25, -0.2) is 0 Å². The molecule has 1 rings (SSSR count). The van der Waals surface area contributed by atoms with E-state index in [1.807, 2.05) is 0 Å². The molecule has 0 fully saturated rings. The highest BCUT2D eigenvalue weighted by atomic mass is 32.2. The second-order valence-corrected chi connectivity index (χ2v) is 3.96. The molecule has 0 aliphatic rings. The van der Waals surface area contributed by atoms with Gasteiger partial charge in [0, 0.05) is 15.5 Å². The Morgan fingerprint density at radius 1 is 1.67 bits per heavy atom. The summed E-state index contributed by atoms with van der Waals surface area (Å²) in [5.41, 5.74) is 0. The minimum absolute atomic E-state index is 1.39. The zero-order valence-corrected chi connectivity index (χ0v) is 7.18. The fourth-order valence-corrected chi connectivity index (χ4v) is 2.16. The third-order valence-corrected chi connectivity index (χ3v) is 2.96. The minimum Gasteiger partial charge on any atom is -0.148 e. The fourth-order valence-electron chi connectivity index (χ4n) is 0.623. The molecular formula is C7H9S2. The summed E-state index contributed by atoms with van der Waals surface area (Å²) in [6.07, 6.45) is 0. The van der Waals surface area contributed by atoms with Crippen LogP contribution in [0.2, 0.25) is 0 Å². The van der Waals surface area contributed by atoms with Gasteiger partial charge >= 0.3 is 0 Å². The van der Waals surface area contributed by atoms with Crippen LogP contribution in [0.15, 0.2) is 16.3 Å². The smallest absolute Gasteiger partial charge is 0.0211 e. The molecule has 0 saturated heterocycles. The SMILES string of the molecule is C[CH]Sc1ccsc1C. The van der Waals surface area contributed by atoms with Crippen LogP contribution in [-0.4, -0.2) is 0 Å². The van der Waals surface area contributed by atoms with Gasteiger partial charge in [0.1, 0.15) is 0 Å². The number of hydrogen-bond donors (Lipinski definition) is 0. The number of thiophene rings is 1. The van der Waals surface area contributed by atoms with Gasteiger partial charge in [-0.2, -0.15) is 0 Å². The second kappa shape index (κ2) is 3.28. The van der Waals surface area contributed by atoms with E-state index in [2.05, 4.69) is 31.0 Å². The molecule has 0 bridgehead atoms. The van der Waals surface area contributed by atoms with E-state index in [9.17, 15) is 0 Å². The molecule has 1 aromatic rings. The molecule has 0 aliphatic heterocycles. The normalized spacial score (nSPS) is 10.0. The van der Waals surface area contributed by atoms with Gasteiger partial charge in [0.15, 0.2) is 0 Å². The number of rotatable bonds is 2. The zero-order chi connectivity index (χ0) is 6.69. The molecule has 1 heterocycles. The van der Waals surface area contributed by atoms with Crippen LogP contribution in [0, 0.1) is 12.7 Å². The van der Waals surface area contributed by atoms with E-state index >= 15 is 0 Å². The standard InChI is InChI=1S/C7H9S2/c1-3-8-7-4-5-9-6(7)2/h3-5H,1-2H3. The Balaban J connectivity index is 2.69. The lowest BCUT2D eigenvalue weighted by Gasteiger charge is -1.91. The van der Waals surface area contributed by atoms with E-state index in [1.54, 1.807) is 23.1 Å². The summed E-state index contributed by atoms with van der Waals surface area (Å²) in [7, 11) is 0.